The molecule has 1 heterocycles. The molecule has 1 fully saturated rings. The van der Waals surface area contributed by atoms with Gasteiger partial charge in [0.25, 0.3) is 0 Å². The highest BCUT2D eigenvalue weighted by atomic mass is 32.1. The molecule has 1 aliphatic carbocycles. The molecule has 1 N–H and O–H groups in total. The smallest absolute Gasteiger partial charge is 0.110 e. The molecule has 0 radical (unpaired) electrons. The van der Waals surface area contributed by atoms with Crippen molar-refractivity contribution in [1.82, 2.24) is 10.3 Å². The third kappa shape index (κ3) is 3.55. The van der Waals surface area contributed by atoms with Crippen LogP contribution in [0.15, 0.2) is 0 Å². The Morgan fingerprint density at radius 1 is 1.28 bits per heavy atom. The standard InChI is InChI=1S/C15H26N2S/c1-4-16-14(10-13-8-6-5-7-9-13)15-17-11(2)12(3)18-15/h13-14,16H,4-10H2,1-3H3. The molecule has 0 aliphatic heterocycles. The highest BCUT2D eigenvalue weighted by Gasteiger charge is 2.22. The first kappa shape index (κ1) is 14.0. The molecule has 0 aromatic carbocycles. The maximum absolute atomic E-state index is 4.75. The van der Waals surface area contributed by atoms with Crippen molar-refractivity contribution < 1.29 is 0 Å². The molecule has 18 heavy (non-hydrogen) atoms. The Balaban J connectivity index is 2.02. The van der Waals surface area contributed by atoms with Crippen LogP contribution in [0.3, 0.4) is 0 Å². The van der Waals surface area contributed by atoms with Gasteiger partial charge in [0, 0.05) is 4.88 Å². The topological polar surface area (TPSA) is 24.9 Å². The molecule has 1 aromatic rings. The third-order valence-corrected chi connectivity index (χ3v) is 5.27. The Bertz CT molecular complexity index is 347. The lowest BCUT2D eigenvalue weighted by atomic mass is 9.85. The van der Waals surface area contributed by atoms with Crippen molar-refractivity contribution in [2.75, 3.05) is 6.54 Å². The van der Waals surface area contributed by atoms with Crippen molar-refractivity contribution in [3.05, 3.63) is 15.6 Å². The number of nitrogens with one attached hydrogen (secondary N) is 1. The second kappa shape index (κ2) is 6.67. The zero-order chi connectivity index (χ0) is 13.0. The molecule has 1 saturated carbocycles. The number of thiazole rings is 1. The Morgan fingerprint density at radius 2 is 2.00 bits per heavy atom. The van der Waals surface area contributed by atoms with E-state index < -0.39 is 0 Å². The monoisotopic (exact) mass is 266 g/mol. The van der Waals surface area contributed by atoms with E-state index in [4.69, 9.17) is 4.98 Å². The predicted octanol–water partition coefficient (Wildman–Crippen LogP) is 4.38. The van der Waals surface area contributed by atoms with E-state index in [1.807, 2.05) is 11.3 Å². The van der Waals surface area contributed by atoms with Crippen LogP contribution in [0.5, 0.6) is 0 Å². The number of nitrogens with zero attached hydrogens (tertiary/aromatic N) is 1. The van der Waals surface area contributed by atoms with Gasteiger partial charge in [-0.05, 0) is 32.7 Å². The molecule has 1 aliphatic rings. The second-order valence-corrected chi connectivity index (χ2v) is 6.78. The first-order valence-electron chi connectivity index (χ1n) is 7.38. The van der Waals surface area contributed by atoms with E-state index in [1.165, 1.54) is 54.1 Å². The highest BCUT2D eigenvalue weighted by molar-refractivity contribution is 7.11. The molecule has 0 saturated heterocycles. The maximum Gasteiger partial charge on any atom is 0.110 e. The van der Waals surface area contributed by atoms with Crippen molar-refractivity contribution in [3.63, 3.8) is 0 Å². The van der Waals surface area contributed by atoms with Gasteiger partial charge in [0.15, 0.2) is 0 Å². The summed E-state index contributed by atoms with van der Waals surface area (Å²) in [6.07, 6.45) is 8.42. The summed E-state index contributed by atoms with van der Waals surface area (Å²) in [5.41, 5.74) is 1.21. The van der Waals surface area contributed by atoms with Crippen LogP contribution < -0.4 is 5.32 Å². The molecule has 1 unspecified atom stereocenters. The predicted molar refractivity (Wildman–Crippen MR) is 79.2 cm³/mol. The molecular formula is C15H26N2S. The number of hydrogen-bond donors (Lipinski definition) is 1. The fraction of sp³-hybridized carbons (Fsp3) is 0.800. The van der Waals surface area contributed by atoms with Gasteiger partial charge in [-0.2, -0.15) is 0 Å². The summed E-state index contributed by atoms with van der Waals surface area (Å²) in [5.74, 6) is 0.910. The Labute approximate surface area is 115 Å². The summed E-state index contributed by atoms with van der Waals surface area (Å²) in [4.78, 5) is 6.12. The molecule has 1 atom stereocenters. The normalized spacial score (nSPS) is 19.1. The summed E-state index contributed by atoms with van der Waals surface area (Å²) in [5, 5.41) is 4.94. The van der Waals surface area contributed by atoms with Crippen molar-refractivity contribution in [1.29, 1.82) is 0 Å². The van der Waals surface area contributed by atoms with Gasteiger partial charge in [-0.3, -0.25) is 0 Å². The van der Waals surface area contributed by atoms with Crippen LogP contribution in [0.1, 0.15) is 67.1 Å². The van der Waals surface area contributed by atoms with Gasteiger partial charge in [0.1, 0.15) is 5.01 Å². The van der Waals surface area contributed by atoms with E-state index in [2.05, 4.69) is 26.1 Å². The molecule has 2 rings (SSSR count). The first-order valence-corrected chi connectivity index (χ1v) is 8.19. The number of hydrogen-bond acceptors (Lipinski definition) is 3. The van der Waals surface area contributed by atoms with E-state index in [0.29, 0.717) is 6.04 Å². The fourth-order valence-corrected chi connectivity index (χ4v) is 3.93. The van der Waals surface area contributed by atoms with Crippen molar-refractivity contribution in [2.45, 2.75) is 65.3 Å². The van der Waals surface area contributed by atoms with Crippen LogP contribution in [-0.4, -0.2) is 11.5 Å². The zero-order valence-electron chi connectivity index (χ0n) is 12.0. The maximum atomic E-state index is 4.75. The van der Waals surface area contributed by atoms with E-state index in [-0.39, 0.29) is 0 Å². The van der Waals surface area contributed by atoms with Gasteiger partial charge in [-0.1, -0.05) is 39.0 Å². The van der Waals surface area contributed by atoms with Gasteiger partial charge >= 0.3 is 0 Å². The van der Waals surface area contributed by atoms with Crippen LogP contribution in [0, 0.1) is 19.8 Å². The molecule has 0 spiro atoms. The fourth-order valence-electron chi connectivity index (χ4n) is 2.92. The minimum absolute atomic E-state index is 0.482. The Kier molecular flexibility index (Phi) is 5.19. The Morgan fingerprint density at radius 3 is 2.56 bits per heavy atom. The average molecular weight is 266 g/mol. The van der Waals surface area contributed by atoms with Gasteiger partial charge in [-0.15, -0.1) is 11.3 Å². The second-order valence-electron chi connectivity index (χ2n) is 5.54. The van der Waals surface area contributed by atoms with Gasteiger partial charge < -0.3 is 5.32 Å². The quantitative estimate of drug-likeness (QED) is 0.855. The van der Waals surface area contributed by atoms with Crippen LogP contribution in [0.25, 0.3) is 0 Å². The molecule has 1 aromatic heterocycles. The minimum atomic E-state index is 0.482. The third-order valence-electron chi connectivity index (χ3n) is 4.09. The number of aryl methyl sites for hydroxylation is 2. The lowest BCUT2D eigenvalue weighted by Gasteiger charge is -2.26. The summed E-state index contributed by atoms with van der Waals surface area (Å²) in [6.45, 7) is 7.54. The molecule has 0 bridgehead atoms. The largest absolute Gasteiger partial charge is 0.308 e. The van der Waals surface area contributed by atoms with E-state index >= 15 is 0 Å². The van der Waals surface area contributed by atoms with E-state index in [0.717, 1.165) is 12.5 Å². The van der Waals surface area contributed by atoms with E-state index in [1.54, 1.807) is 0 Å². The van der Waals surface area contributed by atoms with Crippen LogP contribution in [0.4, 0.5) is 0 Å². The van der Waals surface area contributed by atoms with Gasteiger partial charge in [-0.25, -0.2) is 4.98 Å². The lowest BCUT2D eigenvalue weighted by molar-refractivity contribution is 0.301. The minimum Gasteiger partial charge on any atom is -0.308 e. The SMILES string of the molecule is CCNC(CC1CCCCC1)c1nc(C)c(C)s1. The van der Waals surface area contributed by atoms with Gasteiger partial charge in [0.2, 0.25) is 0 Å². The number of rotatable bonds is 5. The van der Waals surface area contributed by atoms with Crippen molar-refractivity contribution in [2.24, 2.45) is 5.92 Å². The van der Waals surface area contributed by atoms with Crippen LogP contribution in [-0.2, 0) is 0 Å². The molecule has 0 amide bonds. The summed E-state index contributed by atoms with van der Waals surface area (Å²) < 4.78 is 0. The zero-order valence-corrected chi connectivity index (χ0v) is 12.8. The average Bonchev–Trinajstić information content (AvgIpc) is 2.70. The highest BCUT2D eigenvalue weighted by Crippen LogP contribution is 2.33. The van der Waals surface area contributed by atoms with E-state index in [9.17, 15) is 0 Å². The van der Waals surface area contributed by atoms with Crippen molar-refractivity contribution in [3.8, 4) is 0 Å². The summed E-state index contributed by atoms with van der Waals surface area (Å²) in [6, 6.07) is 0.482. The summed E-state index contributed by atoms with van der Waals surface area (Å²) >= 11 is 1.88. The van der Waals surface area contributed by atoms with Crippen molar-refractivity contribution >= 4 is 11.3 Å². The van der Waals surface area contributed by atoms with Crippen LogP contribution in [0.2, 0.25) is 0 Å². The summed E-state index contributed by atoms with van der Waals surface area (Å²) in [7, 11) is 0. The first-order chi connectivity index (χ1) is 8.70. The lowest BCUT2D eigenvalue weighted by Crippen LogP contribution is -2.24. The molecule has 3 heteroatoms. The number of aromatic nitrogens is 1. The molecule has 102 valence electrons. The Hall–Kier alpha value is -0.410. The molecule has 2 nitrogen and oxygen atoms in total. The molecular weight excluding hydrogens is 240 g/mol. The van der Waals surface area contributed by atoms with Gasteiger partial charge in [0.05, 0.1) is 11.7 Å². The van der Waals surface area contributed by atoms with Crippen LogP contribution >= 0.6 is 11.3 Å².